The molecule has 1 rings (SSSR count). The Labute approximate surface area is 83.9 Å². The van der Waals surface area contributed by atoms with Crippen LogP contribution in [-0.2, 0) is 9.37 Å². The van der Waals surface area contributed by atoms with Gasteiger partial charge < -0.3 is 0 Å². The van der Waals surface area contributed by atoms with Gasteiger partial charge >= 0.3 is 0 Å². The highest BCUT2D eigenvalue weighted by molar-refractivity contribution is 7.95. The van der Waals surface area contributed by atoms with Crippen molar-refractivity contribution in [1.82, 2.24) is 0 Å². The number of rotatable bonds is 3. The summed E-state index contributed by atoms with van der Waals surface area (Å²) in [5.41, 5.74) is 0. The summed E-state index contributed by atoms with van der Waals surface area (Å²) in [6, 6.07) is 0. The topological polar surface area (TPSA) is 38.7 Å². The molecule has 1 N–H and O–H groups in total. The molecule has 4 heteroatoms. The van der Waals surface area contributed by atoms with E-state index >= 15 is 0 Å². The smallest absolute Gasteiger partial charge is 0.0395 e. The van der Waals surface area contributed by atoms with Crippen molar-refractivity contribution in [3.63, 3.8) is 0 Å². The molecule has 0 spiro atoms. The van der Waals surface area contributed by atoms with Crippen molar-refractivity contribution < 1.29 is 14.6 Å². The predicted octanol–water partition coefficient (Wildman–Crippen LogP) is 3.13. The van der Waals surface area contributed by atoms with Gasteiger partial charge in [-0.1, -0.05) is 25.8 Å². The molecule has 1 fully saturated rings. The lowest BCUT2D eigenvalue weighted by Crippen LogP contribution is -2.31. The van der Waals surface area contributed by atoms with Gasteiger partial charge in [0, 0.05) is 17.3 Å². The highest BCUT2D eigenvalue weighted by atomic mass is 32.2. The minimum Gasteiger partial charge on any atom is -0.220 e. The van der Waals surface area contributed by atoms with Crippen molar-refractivity contribution in [3.05, 3.63) is 0 Å². The third-order valence-corrected chi connectivity index (χ3v) is 4.14. The maximum absolute atomic E-state index is 8.08. The largest absolute Gasteiger partial charge is 0.220 e. The van der Waals surface area contributed by atoms with Gasteiger partial charge in [0.15, 0.2) is 0 Å². The molecule has 1 aliphatic rings. The minimum absolute atomic E-state index is 0.434. The van der Waals surface area contributed by atoms with Gasteiger partial charge in [-0.15, -0.1) is 4.33 Å². The highest BCUT2D eigenvalue weighted by Gasteiger charge is 2.32. The lowest BCUT2D eigenvalue weighted by Gasteiger charge is -2.35. The van der Waals surface area contributed by atoms with Gasteiger partial charge in [0.25, 0.3) is 0 Å². The van der Waals surface area contributed by atoms with Crippen LogP contribution in [0.25, 0.3) is 0 Å². The molecule has 2 atom stereocenters. The summed E-state index contributed by atoms with van der Waals surface area (Å²) < 4.78 is 4.52. The molecular formula is C9H18O3S. The van der Waals surface area contributed by atoms with E-state index in [1.807, 2.05) is 0 Å². The molecule has 0 aliphatic heterocycles. The molecule has 2 unspecified atom stereocenters. The third kappa shape index (κ3) is 3.13. The standard InChI is InChI=1S/C9H18O3S/c1-6-4-7(2)9(8(3)5-6)13-12-11-10/h6-10H,4-5H2,1-3H3. The predicted molar refractivity (Wildman–Crippen MR) is 52.9 cm³/mol. The average Bonchev–Trinajstić information content (AvgIpc) is 2.02. The van der Waals surface area contributed by atoms with Gasteiger partial charge in [0.2, 0.25) is 0 Å². The Bertz CT molecular complexity index is 142. The fraction of sp³-hybridized carbons (Fsp3) is 1.00. The Kier molecular flexibility index (Phi) is 4.52. The van der Waals surface area contributed by atoms with Crippen molar-refractivity contribution in [2.45, 2.75) is 38.9 Å². The molecule has 0 aromatic heterocycles. The fourth-order valence-corrected chi connectivity index (χ4v) is 3.17. The first-order chi connectivity index (χ1) is 6.15. The summed E-state index contributed by atoms with van der Waals surface area (Å²) in [5.74, 6) is 2.05. The monoisotopic (exact) mass is 206 g/mol. The zero-order chi connectivity index (χ0) is 9.84. The van der Waals surface area contributed by atoms with Gasteiger partial charge in [-0.05, 0) is 30.6 Å². The zero-order valence-electron chi connectivity index (χ0n) is 8.40. The summed E-state index contributed by atoms with van der Waals surface area (Å²) >= 11 is 1.24. The van der Waals surface area contributed by atoms with Crippen LogP contribution in [0.3, 0.4) is 0 Å². The van der Waals surface area contributed by atoms with Crippen LogP contribution in [0.5, 0.6) is 0 Å². The first-order valence-corrected chi connectivity index (χ1v) is 5.59. The Morgan fingerprint density at radius 1 is 1.15 bits per heavy atom. The van der Waals surface area contributed by atoms with Gasteiger partial charge in [0.05, 0.1) is 0 Å². The number of hydrogen-bond donors (Lipinski definition) is 1. The maximum atomic E-state index is 8.08. The van der Waals surface area contributed by atoms with E-state index in [0.29, 0.717) is 17.1 Å². The van der Waals surface area contributed by atoms with Crippen molar-refractivity contribution >= 4 is 12.0 Å². The molecule has 0 heterocycles. The van der Waals surface area contributed by atoms with E-state index in [0.717, 1.165) is 5.92 Å². The second kappa shape index (κ2) is 5.20. The van der Waals surface area contributed by atoms with Crippen molar-refractivity contribution in [2.24, 2.45) is 17.8 Å². The van der Waals surface area contributed by atoms with Crippen LogP contribution in [0.4, 0.5) is 0 Å². The van der Waals surface area contributed by atoms with E-state index in [9.17, 15) is 0 Å². The first-order valence-electron chi connectivity index (χ1n) is 4.78. The summed E-state index contributed by atoms with van der Waals surface area (Å²) in [7, 11) is 0. The van der Waals surface area contributed by atoms with Crippen LogP contribution < -0.4 is 0 Å². The van der Waals surface area contributed by atoms with Gasteiger partial charge in [0.1, 0.15) is 0 Å². The van der Waals surface area contributed by atoms with Crippen molar-refractivity contribution in [3.8, 4) is 0 Å². The summed E-state index contributed by atoms with van der Waals surface area (Å²) in [5, 5.41) is 12.1. The minimum atomic E-state index is 0.434. The Morgan fingerprint density at radius 3 is 2.15 bits per heavy atom. The Morgan fingerprint density at radius 2 is 1.69 bits per heavy atom. The molecule has 0 saturated heterocycles. The molecule has 1 saturated carbocycles. The molecule has 13 heavy (non-hydrogen) atoms. The lowest BCUT2D eigenvalue weighted by molar-refractivity contribution is -0.432. The van der Waals surface area contributed by atoms with E-state index in [1.54, 1.807) is 0 Å². The Balaban J connectivity index is 2.41. The number of hydrogen-bond acceptors (Lipinski definition) is 4. The summed E-state index contributed by atoms with van der Waals surface area (Å²) in [6.07, 6.45) is 2.47. The molecule has 0 amide bonds. The van der Waals surface area contributed by atoms with Crippen LogP contribution in [0, 0.1) is 17.8 Å². The van der Waals surface area contributed by atoms with E-state index < -0.39 is 0 Å². The Hall–Kier alpha value is 0.230. The third-order valence-electron chi connectivity index (χ3n) is 2.85. The van der Waals surface area contributed by atoms with Gasteiger partial charge in [-0.2, -0.15) is 0 Å². The molecule has 0 aromatic rings. The van der Waals surface area contributed by atoms with Crippen molar-refractivity contribution in [1.29, 1.82) is 0 Å². The van der Waals surface area contributed by atoms with Crippen molar-refractivity contribution in [2.75, 3.05) is 0 Å². The summed E-state index contributed by atoms with van der Waals surface area (Å²) in [6.45, 7) is 6.74. The maximum Gasteiger partial charge on any atom is 0.0395 e. The van der Waals surface area contributed by atoms with Gasteiger partial charge in [-0.3, -0.25) is 0 Å². The lowest BCUT2D eigenvalue weighted by atomic mass is 9.77. The second-order valence-corrected chi connectivity index (χ2v) is 5.11. The van der Waals surface area contributed by atoms with E-state index in [-0.39, 0.29) is 0 Å². The zero-order valence-corrected chi connectivity index (χ0v) is 9.21. The molecule has 0 radical (unpaired) electrons. The molecule has 0 aromatic carbocycles. The van der Waals surface area contributed by atoms with Crippen LogP contribution in [0.2, 0.25) is 0 Å². The van der Waals surface area contributed by atoms with E-state index in [4.69, 9.17) is 5.26 Å². The summed E-state index contributed by atoms with van der Waals surface area (Å²) in [4.78, 5) is 0. The average molecular weight is 206 g/mol. The first kappa shape index (κ1) is 11.3. The molecular weight excluding hydrogens is 188 g/mol. The molecule has 1 aliphatic carbocycles. The SMILES string of the molecule is CC1CC(C)C(SOOO)C(C)C1. The van der Waals surface area contributed by atoms with Crippen LogP contribution in [0.15, 0.2) is 0 Å². The highest BCUT2D eigenvalue weighted by Crippen LogP contribution is 2.40. The quantitative estimate of drug-likeness (QED) is 0.437. The fourth-order valence-electron chi connectivity index (χ4n) is 2.45. The van der Waals surface area contributed by atoms with Crippen LogP contribution in [-0.4, -0.2) is 10.5 Å². The van der Waals surface area contributed by atoms with E-state index in [1.165, 1.54) is 24.9 Å². The van der Waals surface area contributed by atoms with Gasteiger partial charge in [-0.25, -0.2) is 5.26 Å². The van der Waals surface area contributed by atoms with Crippen LogP contribution in [0.1, 0.15) is 33.6 Å². The molecule has 78 valence electrons. The molecule has 0 bridgehead atoms. The second-order valence-electron chi connectivity index (χ2n) is 4.23. The van der Waals surface area contributed by atoms with Crippen LogP contribution >= 0.6 is 12.0 Å². The molecule has 3 nitrogen and oxygen atoms in total. The van der Waals surface area contributed by atoms with E-state index in [2.05, 4.69) is 30.1 Å². The normalized spacial score (nSPS) is 40.6.